The number of alkyl halides is 3. The molecular formula is C30H27F4N3O6S. The summed E-state index contributed by atoms with van der Waals surface area (Å²) in [6, 6.07) is 11.4. The molecule has 0 heterocycles. The minimum absolute atomic E-state index is 0.00475. The third-order valence-electron chi connectivity index (χ3n) is 8.25. The van der Waals surface area contributed by atoms with Crippen molar-refractivity contribution in [2.75, 3.05) is 12.4 Å². The molecule has 3 aromatic rings. The Hall–Kier alpha value is -4.46. The Labute approximate surface area is 249 Å². The van der Waals surface area contributed by atoms with Crippen LogP contribution in [0, 0.1) is 23.6 Å². The van der Waals surface area contributed by atoms with Crippen LogP contribution in [0.5, 0.6) is 5.75 Å². The van der Waals surface area contributed by atoms with Gasteiger partial charge >= 0.3 is 5.51 Å². The highest BCUT2D eigenvalue weighted by Crippen LogP contribution is 2.49. The van der Waals surface area contributed by atoms with Crippen LogP contribution >= 0.6 is 0 Å². The lowest BCUT2D eigenvalue weighted by Crippen LogP contribution is -2.48. The number of methoxy groups -OCH3 is 1. The largest absolute Gasteiger partial charge is 0.501 e. The van der Waals surface area contributed by atoms with Gasteiger partial charge in [-0.2, -0.15) is 13.2 Å². The lowest BCUT2D eigenvalue weighted by molar-refractivity contribution is -0.122. The number of rotatable bonds is 8. The van der Waals surface area contributed by atoms with Crippen molar-refractivity contribution in [3.63, 3.8) is 0 Å². The fourth-order valence-corrected chi connectivity index (χ4v) is 6.95. The second-order valence-corrected chi connectivity index (χ2v) is 12.7. The van der Waals surface area contributed by atoms with Crippen LogP contribution in [-0.2, 0) is 14.6 Å². The van der Waals surface area contributed by atoms with E-state index in [2.05, 4.69) is 10.6 Å². The first kappa shape index (κ1) is 31.0. The molecule has 0 radical (unpaired) electrons. The SMILES string of the molecule is COc1cc(F)c(-c2ccc(C(N)=O)cc2)cc1C(=O)N[C@@H]1[C@H]2CC[C@H](C2)[C@@H]1C(=O)Nc1cccc(S(=O)(=O)C(F)(F)F)c1. The van der Waals surface area contributed by atoms with Gasteiger partial charge in [0.1, 0.15) is 11.6 Å². The molecule has 2 aliphatic carbocycles. The number of sulfone groups is 1. The number of benzene rings is 3. The number of halogens is 4. The third kappa shape index (κ3) is 5.73. The number of amides is 3. The summed E-state index contributed by atoms with van der Waals surface area (Å²) >= 11 is 0. The van der Waals surface area contributed by atoms with Gasteiger partial charge < -0.3 is 21.1 Å². The molecule has 2 bridgehead atoms. The zero-order chi connectivity index (χ0) is 32.0. The molecule has 232 valence electrons. The number of nitrogens with one attached hydrogen (secondary N) is 2. The Balaban J connectivity index is 1.39. The van der Waals surface area contributed by atoms with Crippen molar-refractivity contribution in [3.8, 4) is 16.9 Å². The minimum Gasteiger partial charge on any atom is -0.496 e. The van der Waals surface area contributed by atoms with Gasteiger partial charge in [0.25, 0.3) is 15.7 Å². The fourth-order valence-electron chi connectivity index (χ4n) is 6.14. The Kier molecular flexibility index (Phi) is 8.14. The van der Waals surface area contributed by atoms with Crippen LogP contribution in [0.4, 0.5) is 23.2 Å². The van der Waals surface area contributed by atoms with E-state index in [1.165, 1.54) is 43.5 Å². The van der Waals surface area contributed by atoms with Gasteiger partial charge in [-0.25, -0.2) is 12.8 Å². The summed E-state index contributed by atoms with van der Waals surface area (Å²) in [6.45, 7) is 0. The summed E-state index contributed by atoms with van der Waals surface area (Å²) in [5, 5.41) is 5.41. The van der Waals surface area contributed by atoms with Crippen LogP contribution in [-0.4, -0.2) is 44.8 Å². The standard InChI is InChI=1S/C30H27F4N3O6S/c1-43-24-14-23(31)21(15-5-7-16(8-6-15)27(35)38)13-22(24)28(39)37-26-18-10-9-17(11-18)25(26)29(40)36-19-3-2-4-20(12-19)44(41,42)30(32,33)34/h2-8,12-14,17-18,25-26H,9-11H2,1H3,(H2,35,38)(H,36,40)(H,37,39)/t17-,18+,25+,26-/m1/s1. The molecule has 3 aromatic carbocycles. The van der Waals surface area contributed by atoms with E-state index in [0.29, 0.717) is 18.4 Å². The van der Waals surface area contributed by atoms with Crippen LogP contribution in [0.25, 0.3) is 11.1 Å². The molecule has 0 unspecified atom stereocenters. The zero-order valence-electron chi connectivity index (χ0n) is 23.2. The molecule has 0 spiro atoms. The van der Waals surface area contributed by atoms with Gasteiger partial charge in [0.05, 0.1) is 23.5 Å². The topological polar surface area (TPSA) is 145 Å². The fraction of sp³-hybridized carbons (Fsp3) is 0.300. The summed E-state index contributed by atoms with van der Waals surface area (Å²) in [6.07, 6.45) is 2.06. The predicted molar refractivity (Wildman–Crippen MR) is 151 cm³/mol. The summed E-state index contributed by atoms with van der Waals surface area (Å²) in [7, 11) is -4.35. The monoisotopic (exact) mass is 633 g/mol. The van der Waals surface area contributed by atoms with Crippen molar-refractivity contribution < 1.29 is 45.1 Å². The van der Waals surface area contributed by atoms with Gasteiger partial charge in [-0.3, -0.25) is 14.4 Å². The van der Waals surface area contributed by atoms with Gasteiger partial charge in [-0.15, -0.1) is 0 Å². The first-order valence-corrected chi connectivity index (χ1v) is 15.0. The average Bonchev–Trinajstić information content (AvgIpc) is 3.58. The number of fused-ring (bicyclic) bond motifs is 2. The summed E-state index contributed by atoms with van der Waals surface area (Å²) in [5.74, 6) is -3.55. The summed E-state index contributed by atoms with van der Waals surface area (Å²) < 4.78 is 83.2. The molecule has 9 nitrogen and oxygen atoms in total. The van der Waals surface area contributed by atoms with Crippen molar-refractivity contribution in [3.05, 3.63) is 77.6 Å². The Morgan fingerprint density at radius 1 is 0.977 bits per heavy atom. The van der Waals surface area contributed by atoms with Gasteiger partial charge in [-0.1, -0.05) is 18.2 Å². The molecule has 2 saturated carbocycles. The van der Waals surface area contributed by atoms with Crippen LogP contribution < -0.4 is 21.1 Å². The highest BCUT2D eigenvalue weighted by atomic mass is 32.2. The van der Waals surface area contributed by atoms with E-state index in [0.717, 1.165) is 30.7 Å². The number of hydrogen-bond acceptors (Lipinski definition) is 6. The lowest BCUT2D eigenvalue weighted by atomic mass is 9.83. The van der Waals surface area contributed by atoms with Crippen molar-refractivity contribution in [1.29, 1.82) is 0 Å². The minimum atomic E-state index is -5.63. The number of primary amides is 1. The molecule has 2 aliphatic rings. The number of hydrogen-bond donors (Lipinski definition) is 3. The van der Waals surface area contributed by atoms with Gasteiger partial charge in [0.2, 0.25) is 11.8 Å². The highest BCUT2D eigenvalue weighted by Gasteiger charge is 2.52. The van der Waals surface area contributed by atoms with Crippen LogP contribution in [0.15, 0.2) is 65.6 Å². The van der Waals surface area contributed by atoms with Crippen LogP contribution in [0.2, 0.25) is 0 Å². The summed E-state index contributed by atoms with van der Waals surface area (Å²) in [5.41, 5.74) is 0.270. The first-order chi connectivity index (χ1) is 20.7. The molecule has 0 saturated heterocycles. The van der Waals surface area contributed by atoms with Crippen molar-refractivity contribution in [1.82, 2.24) is 5.32 Å². The first-order valence-electron chi connectivity index (χ1n) is 13.5. The predicted octanol–water partition coefficient (Wildman–Crippen LogP) is 4.68. The zero-order valence-corrected chi connectivity index (χ0v) is 24.0. The molecule has 14 heteroatoms. The Bertz CT molecular complexity index is 1740. The third-order valence-corrected chi connectivity index (χ3v) is 9.73. The van der Waals surface area contributed by atoms with Crippen molar-refractivity contribution >= 4 is 33.2 Å². The maximum absolute atomic E-state index is 15.0. The van der Waals surface area contributed by atoms with Gasteiger partial charge in [-0.05, 0) is 73.1 Å². The normalized spacial score (nSPS) is 21.1. The van der Waals surface area contributed by atoms with E-state index in [4.69, 9.17) is 10.5 Å². The molecular weight excluding hydrogens is 606 g/mol. The molecule has 5 rings (SSSR count). The van der Waals surface area contributed by atoms with Crippen LogP contribution in [0.1, 0.15) is 40.0 Å². The molecule has 4 N–H and O–H groups in total. The Morgan fingerprint density at radius 2 is 1.66 bits per heavy atom. The lowest BCUT2D eigenvalue weighted by Gasteiger charge is -2.31. The van der Waals surface area contributed by atoms with E-state index in [-0.39, 0.29) is 40.0 Å². The second kappa shape index (κ2) is 11.6. The number of carbonyl (C=O) groups is 3. The van der Waals surface area contributed by atoms with Gasteiger partial charge in [0.15, 0.2) is 0 Å². The number of ether oxygens (including phenoxy) is 1. The highest BCUT2D eigenvalue weighted by molar-refractivity contribution is 7.92. The van der Waals surface area contributed by atoms with E-state index in [9.17, 15) is 36.0 Å². The average molecular weight is 634 g/mol. The van der Waals surface area contributed by atoms with E-state index in [1.807, 2.05) is 0 Å². The van der Waals surface area contributed by atoms with Crippen molar-refractivity contribution in [2.24, 2.45) is 23.5 Å². The van der Waals surface area contributed by atoms with Crippen LogP contribution in [0.3, 0.4) is 0 Å². The van der Waals surface area contributed by atoms with E-state index < -0.39 is 55.7 Å². The molecule has 0 aliphatic heterocycles. The summed E-state index contributed by atoms with van der Waals surface area (Å²) in [4.78, 5) is 37.4. The number of nitrogens with two attached hydrogens (primary N) is 1. The quantitative estimate of drug-likeness (QED) is 0.308. The Morgan fingerprint density at radius 3 is 2.30 bits per heavy atom. The molecule has 44 heavy (non-hydrogen) atoms. The molecule has 2 fully saturated rings. The molecule has 0 aromatic heterocycles. The maximum atomic E-state index is 15.0. The number of carbonyl (C=O) groups excluding carboxylic acids is 3. The number of anilines is 1. The van der Waals surface area contributed by atoms with E-state index >= 15 is 4.39 Å². The molecule has 3 amide bonds. The van der Waals surface area contributed by atoms with Crippen molar-refractivity contribution in [2.45, 2.75) is 35.7 Å². The van der Waals surface area contributed by atoms with Gasteiger partial charge in [0, 0.05) is 28.9 Å². The van der Waals surface area contributed by atoms with E-state index in [1.54, 1.807) is 0 Å². The second-order valence-electron chi connectivity index (χ2n) is 10.8. The maximum Gasteiger partial charge on any atom is 0.501 e. The smallest absolute Gasteiger partial charge is 0.496 e. The molecule has 4 atom stereocenters.